The highest BCUT2D eigenvalue weighted by atomic mass is 35.5. The summed E-state index contributed by atoms with van der Waals surface area (Å²) in [6.07, 6.45) is 0. The Labute approximate surface area is 136 Å². The van der Waals surface area contributed by atoms with Gasteiger partial charge in [-0.05, 0) is 13.8 Å². The van der Waals surface area contributed by atoms with Gasteiger partial charge in [-0.2, -0.15) is 0 Å². The molecule has 122 valence electrons. The van der Waals surface area contributed by atoms with Crippen LogP contribution in [0.2, 0.25) is 5.02 Å². The number of hydrogen-bond acceptors (Lipinski definition) is 5. The average Bonchev–Trinajstić information content (AvgIpc) is 2.36. The van der Waals surface area contributed by atoms with Gasteiger partial charge in [-0.3, -0.25) is 0 Å². The maximum atomic E-state index is 12.3. The van der Waals surface area contributed by atoms with Crippen molar-refractivity contribution in [2.24, 2.45) is 5.73 Å². The summed E-state index contributed by atoms with van der Waals surface area (Å²) >= 11 is 6.01. The van der Waals surface area contributed by atoms with E-state index in [9.17, 15) is 8.42 Å². The SMILES string of the molecule is COc1cc(Cl)c(S(=O)(=O)NC(C)(C)CN)cc1OC.Cl. The molecular weight excluding hydrogens is 339 g/mol. The second-order valence-corrected chi connectivity index (χ2v) is 6.89. The zero-order chi connectivity index (χ0) is 15.6. The van der Waals surface area contributed by atoms with Gasteiger partial charge in [-0.1, -0.05) is 11.6 Å². The maximum absolute atomic E-state index is 12.3. The Morgan fingerprint density at radius 3 is 2.14 bits per heavy atom. The number of benzene rings is 1. The van der Waals surface area contributed by atoms with Crippen molar-refractivity contribution >= 4 is 34.0 Å². The lowest BCUT2D eigenvalue weighted by Gasteiger charge is -2.24. The van der Waals surface area contributed by atoms with E-state index in [4.69, 9.17) is 26.8 Å². The molecule has 0 aliphatic heterocycles. The molecule has 1 rings (SSSR count). The minimum Gasteiger partial charge on any atom is -0.493 e. The molecule has 21 heavy (non-hydrogen) atoms. The van der Waals surface area contributed by atoms with Gasteiger partial charge in [0, 0.05) is 24.2 Å². The van der Waals surface area contributed by atoms with E-state index in [1.807, 2.05) is 0 Å². The average molecular weight is 359 g/mol. The predicted octanol–water partition coefficient (Wildman–Crippen LogP) is 1.79. The fraction of sp³-hybridized carbons (Fsp3) is 0.500. The monoisotopic (exact) mass is 358 g/mol. The van der Waals surface area contributed by atoms with E-state index in [-0.39, 0.29) is 34.6 Å². The number of rotatable bonds is 6. The Bertz CT molecular complexity index is 591. The van der Waals surface area contributed by atoms with Crippen LogP contribution in [0.15, 0.2) is 17.0 Å². The number of sulfonamides is 1. The lowest BCUT2D eigenvalue weighted by molar-refractivity contribution is 0.354. The summed E-state index contributed by atoms with van der Waals surface area (Å²) in [5, 5.41) is 0.0444. The molecule has 0 saturated carbocycles. The van der Waals surface area contributed by atoms with E-state index in [1.165, 1.54) is 26.4 Å². The summed E-state index contributed by atoms with van der Waals surface area (Å²) < 4.78 is 37.3. The number of nitrogens with two attached hydrogens (primary N) is 1. The number of hydrogen-bond donors (Lipinski definition) is 2. The van der Waals surface area contributed by atoms with Gasteiger partial charge in [0.2, 0.25) is 10.0 Å². The Kier molecular flexibility index (Phi) is 7.25. The van der Waals surface area contributed by atoms with Crippen molar-refractivity contribution < 1.29 is 17.9 Å². The van der Waals surface area contributed by atoms with Crippen molar-refractivity contribution in [3.05, 3.63) is 17.2 Å². The Balaban J connectivity index is 0.00000400. The van der Waals surface area contributed by atoms with E-state index in [1.54, 1.807) is 13.8 Å². The second-order valence-electron chi connectivity index (χ2n) is 4.83. The van der Waals surface area contributed by atoms with Crippen molar-refractivity contribution in [2.45, 2.75) is 24.3 Å². The molecule has 9 heteroatoms. The highest BCUT2D eigenvalue weighted by Gasteiger charge is 2.28. The molecule has 0 aliphatic carbocycles. The first kappa shape index (κ1) is 20.3. The molecule has 6 nitrogen and oxygen atoms in total. The smallest absolute Gasteiger partial charge is 0.242 e. The zero-order valence-electron chi connectivity index (χ0n) is 12.3. The van der Waals surface area contributed by atoms with Crippen LogP contribution in [0.3, 0.4) is 0 Å². The maximum Gasteiger partial charge on any atom is 0.242 e. The molecule has 0 bridgehead atoms. The summed E-state index contributed by atoms with van der Waals surface area (Å²) in [6.45, 7) is 3.51. The molecule has 0 spiro atoms. The summed E-state index contributed by atoms with van der Waals surface area (Å²) in [4.78, 5) is -0.0849. The van der Waals surface area contributed by atoms with Crippen LogP contribution < -0.4 is 19.9 Å². The minimum atomic E-state index is -3.82. The van der Waals surface area contributed by atoms with Crippen LogP contribution in [-0.4, -0.2) is 34.7 Å². The van der Waals surface area contributed by atoms with Gasteiger partial charge in [0.25, 0.3) is 0 Å². The Morgan fingerprint density at radius 2 is 1.71 bits per heavy atom. The summed E-state index contributed by atoms with van der Waals surface area (Å²) in [6, 6.07) is 2.71. The first-order chi connectivity index (χ1) is 9.16. The lowest BCUT2D eigenvalue weighted by Crippen LogP contribution is -2.48. The van der Waals surface area contributed by atoms with Gasteiger partial charge in [0.05, 0.1) is 19.2 Å². The van der Waals surface area contributed by atoms with Crippen LogP contribution in [0.1, 0.15) is 13.8 Å². The number of methoxy groups -OCH3 is 2. The fourth-order valence-corrected chi connectivity index (χ4v) is 3.46. The normalized spacial score (nSPS) is 11.7. The largest absolute Gasteiger partial charge is 0.493 e. The number of halogens is 2. The first-order valence-corrected chi connectivity index (χ1v) is 7.68. The van der Waals surface area contributed by atoms with Gasteiger partial charge in [0.15, 0.2) is 11.5 Å². The molecule has 0 atom stereocenters. The van der Waals surface area contributed by atoms with Crippen molar-refractivity contribution in [2.75, 3.05) is 20.8 Å². The van der Waals surface area contributed by atoms with Crippen molar-refractivity contribution in [3.8, 4) is 11.5 Å². The van der Waals surface area contributed by atoms with Gasteiger partial charge in [0.1, 0.15) is 4.90 Å². The molecule has 0 saturated heterocycles. The van der Waals surface area contributed by atoms with Crippen molar-refractivity contribution in [1.82, 2.24) is 4.72 Å². The standard InChI is InChI=1S/C12H19ClN2O4S.ClH/c1-12(2,7-14)15-20(16,17)11-6-10(19-4)9(18-3)5-8(11)13;/h5-6,15H,7,14H2,1-4H3;1H. The topological polar surface area (TPSA) is 90.7 Å². The van der Waals surface area contributed by atoms with Gasteiger partial charge < -0.3 is 15.2 Å². The second kappa shape index (κ2) is 7.51. The van der Waals surface area contributed by atoms with Crippen LogP contribution in [-0.2, 0) is 10.0 Å². The van der Waals surface area contributed by atoms with E-state index in [0.717, 1.165) is 0 Å². The van der Waals surface area contributed by atoms with Crippen molar-refractivity contribution in [3.63, 3.8) is 0 Å². The van der Waals surface area contributed by atoms with E-state index < -0.39 is 15.6 Å². The lowest BCUT2D eigenvalue weighted by atomic mass is 10.1. The molecule has 0 unspecified atom stereocenters. The molecule has 0 aliphatic rings. The van der Waals surface area contributed by atoms with E-state index in [0.29, 0.717) is 5.75 Å². The number of ether oxygens (including phenoxy) is 2. The predicted molar refractivity (Wildman–Crippen MR) is 85.3 cm³/mol. The summed E-state index contributed by atoms with van der Waals surface area (Å²) in [7, 11) is -0.957. The molecule has 0 amide bonds. The molecule has 0 heterocycles. The van der Waals surface area contributed by atoms with E-state index in [2.05, 4.69) is 4.72 Å². The van der Waals surface area contributed by atoms with E-state index >= 15 is 0 Å². The fourth-order valence-electron chi connectivity index (χ4n) is 1.50. The molecule has 0 fully saturated rings. The Hall–Kier alpha value is -0.730. The van der Waals surface area contributed by atoms with Gasteiger partial charge in [-0.25, -0.2) is 13.1 Å². The summed E-state index contributed by atoms with van der Waals surface area (Å²) in [5.41, 5.74) is 4.74. The third-order valence-corrected chi connectivity index (χ3v) is 4.81. The highest BCUT2D eigenvalue weighted by Crippen LogP contribution is 2.35. The molecule has 1 aromatic rings. The highest BCUT2D eigenvalue weighted by molar-refractivity contribution is 7.89. The van der Waals surface area contributed by atoms with Crippen LogP contribution in [0, 0.1) is 0 Å². The molecular formula is C12H20Cl2N2O4S. The van der Waals surface area contributed by atoms with Crippen molar-refractivity contribution in [1.29, 1.82) is 0 Å². The molecule has 0 radical (unpaired) electrons. The Morgan fingerprint density at radius 1 is 1.24 bits per heavy atom. The first-order valence-electron chi connectivity index (χ1n) is 5.82. The summed E-state index contributed by atoms with van der Waals surface area (Å²) in [5.74, 6) is 0.636. The zero-order valence-corrected chi connectivity index (χ0v) is 14.7. The number of nitrogens with one attached hydrogen (secondary N) is 1. The molecule has 0 aromatic heterocycles. The molecule has 3 N–H and O–H groups in total. The minimum absolute atomic E-state index is 0. The van der Waals surface area contributed by atoms with Crippen LogP contribution in [0.25, 0.3) is 0 Å². The third-order valence-electron chi connectivity index (χ3n) is 2.65. The van der Waals surface area contributed by atoms with Gasteiger partial charge in [-0.15, -0.1) is 12.4 Å². The van der Waals surface area contributed by atoms with Crippen LogP contribution in [0.5, 0.6) is 11.5 Å². The third kappa shape index (κ3) is 4.89. The van der Waals surface area contributed by atoms with Gasteiger partial charge >= 0.3 is 0 Å². The van der Waals surface area contributed by atoms with Crippen LogP contribution in [0.4, 0.5) is 0 Å². The quantitative estimate of drug-likeness (QED) is 0.808. The van der Waals surface area contributed by atoms with Crippen LogP contribution >= 0.6 is 24.0 Å². The molecule has 1 aromatic carbocycles.